The molecule has 102 valence electrons. The summed E-state index contributed by atoms with van der Waals surface area (Å²) in [6, 6.07) is 8.30. The van der Waals surface area contributed by atoms with Crippen LogP contribution in [0.1, 0.15) is 16.5 Å². The molecule has 0 saturated carbocycles. The van der Waals surface area contributed by atoms with Crippen LogP contribution in [0.4, 0.5) is 8.78 Å². The molecule has 6 heteroatoms. The summed E-state index contributed by atoms with van der Waals surface area (Å²) in [4.78, 5) is 1.17. The Morgan fingerprint density at radius 2 is 1.95 bits per heavy atom. The van der Waals surface area contributed by atoms with Gasteiger partial charge in [-0.3, -0.25) is 0 Å². The minimum Gasteiger partial charge on any atom is -0.435 e. The van der Waals surface area contributed by atoms with Crippen molar-refractivity contribution in [3.63, 3.8) is 0 Å². The lowest BCUT2D eigenvalue weighted by atomic mass is 10.0. The molecule has 0 saturated heterocycles. The van der Waals surface area contributed by atoms with Gasteiger partial charge in [-0.2, -0.15) is 8.78 Å². The number of nitrogens with two attached hydrogens (primary N) is 1. The first-order valence-corrected chi connectivity index (χ1v) is 7.25. The van der Waals surface area contributed by atoms with Gasteiger partial charge < -0.3 is 10.5 Å². The molecule has 2 nitrogen and oxygen atoms in total. The van der Waals surface area contributed by atoms with Crippen molar-refractivity contribution in [1.29, 1.82) is 0 Å². The fourth-order valence-corrected chi connectivity index (χ4v) is 3.20. The van der Waals surface area contributed by atoms with Gasteiger partial charge in [-0.1, -0.05) is 12.1 Å². The van der Waals surface area contributed by atoms with Crippen LogP contribution in [0, 0.1) is 0 Å². The average Bonchev–Trinajstić information content (AvgIpc) is 2.75. The third-order valence-electron chi connectivity index (χ3n) is 2.58. The van der Waals surface area contributed by atoms with E-state index in [0.29, 0.717) is 6.42 Å². The van der Waals surface area contributed by atoms with E-state index >= 15 is 0 Å². The topological polar surface area (TPSA) is 35.2 Å². The molecule has 1 atom stereocenters. The number of thiophene rings is 1. The fraction of sp³-hybridized carbons (Fsp3) is 0.231. The van der Waals surface area contributed by atoms with Gasteiger partial charge >= 0.3 is 6.61 Å². The average molecular weight is 348 g/mol. The second kappa shape index (κ2) is 6.45. The molecular formula is C13H12BrF2NOS. The molecule has 0 amide bonds. The summed E-state index contributed by atoms with van der Waals surface area (Å²) in [5.41, 5.74) is 6.98. The first-order valence-electron chi connectivity index (χ1n) is 5.58. The van der Waals surface area contributed by atoms with Crippen LogP contribution in [-0.2, 0) is 6.42 Å². The zero-order valence-electron chi connectivity index (χ0n) is 9.85. The van der Waals surface area contributed by atoms with Gasteiger partial charge in [0, 0.05) is 27.2 Å². The van der Waals surface area contributed by atoms with Crippen LogP contribution >= 0.6 is 27.3 Å². The Labute approximate surface area is 122 Å². The summed E-state index contributed by atoms with van der Waals surface area (Å²) in [7, 11) is 0. The molecule has 2 rings (SSSR count). The van der Waals surface area contributed by atoms with E-state index in [9.17, 15) is 8.78 Å². The number of alkyl halides is 2. The smallest absolute Gasteiger partial charge is 0.387 e. The van der Waals surface area contributed by atoms with Crippen LogP contribution in [0.3, 0.4) is 0 Å². The molecule has 2 N–H and O–H groups in total. The van der Waals surface area contributed by atoms with Crippen LogP contribution in [-0.4, -0.2) is 6.61 Å². The molecule has 1 aromatic carbocycles. The van der Waals surface area contributed by atoms with E-state index in [-0.39, 0.29) is 11.8 Å². The van der Waals surface area contributed by atoms with Crippen LogP contribution in [0.15, 0.2) is 40.2 Å². The van der Waals surface area contributed by atoms with Crippen molar-refractivity contribution in [3.8, 4) is 5.75 Å². The summed E-state index contributed by atoms with van der Waals surface area (Å²) in [5, 5.41) is 2.00. The normalized spacial score (nSPS) is 12.7. The SMILES string of the molecule is NC(Cc1cc(Br)cs1)c1ccc(OC(F)F)cc1. The summed E-state index contributed by atoms with van der Waals surface area (Å²) >= 11 is 5.03. The lowest BCUT2D eigenvalue weighted by Gasteiger charge is -2.12. The van der Waals surface area contributed by atoms with Crippen LogP contribution < -0.4 is 10.5 Å². The van der Waals surface area contributed by atoms with E-state index in [1.54, 1.807) is 23.5 Å². The Bertz CT molecular complexity index is 530. The molecule has 19 heavy (non-hydrogen) atoms. The predicted octanol–water partition coefficient (Wildman–Crippen LogP) is 4.35. The van der Waals surface area contributed by atoms with Gasteiger partial charge in [0.15, 0.2) is 0 Å². The van der Waals surface area contributed by atoms with Crippen LogP contribution in [0.25, 0.3) is 0 Å². The van der Waals surface area contributed by atoms with Crippen LogP contribution in [0.5, 0.6) is 5.75 Å². The zero-order valence-corrected chi connectivity index (χ0v) is 12.3. The van der Waals surface area contributed by atoms with E-state index in [4.69, 9.17) is 5.73 Å². The maximum atomic E-state index is 12.0. The summed E-state index contributed by atoms with van der Waals surface area (Å²) in [6.45, 7) is -2.80. The molecule has 0 aliphatic carbocycles. The summed E-state index contributed by atoms with van der Waals surface area (Å²) < 4.78 is 29.4. The molecular weight excluding hydrogens is 336 g/mol. The van der Waals surface area contributed by atoms with Crippen molar-refractivity contribution in [3.05, 3.63) is 50.6 Å². The van der Waals surface area contributed by atoms with Crippen molar-refractivity contribution in [2.45, 2.75) is 19.1 Å². The van der Waals surface area contributed by atoms with Gasteiger partial charge in [0.25, 0.3) is 0 Å². The molecule has 1 unspecified atom stereocenters. The Morgan fingerprint density at radius 1 is 1.26 bits per heavy atom. The van der Waals surface area contributed by atoms with Crippen molar-refractivity contribution < 1.29 is 13.5 Å². The maximum absolute atomic E-state index is 12.0. The second-order valence-electron chi connectivity index (χ2n) is 3.99. The highest BCUT2D eigenvalue weighted by Crippen LogP contribution is 2.25. The van der Waals surface area contributed by atoms with E-state index in [1.165, 1.54) is 17.0 Å². The molecule has 0 radical (unpaired) electrons. The fourth-order valence-electron chi connectivity index (χ4n) is 1.69. The number of halogens is 3. The standard InChI is InChI=1S/C13H12BrF2NOS/c14-9-5-11(19-7-9)6-12(17)8-1-3-10(4-2-8)18-13(15)16/h1-5,7,12-13H,6,17H2. The van der Waals surface area contributed by atoms with Crippen molar-refractivity contribution in [1.82, 2.24) is 0 Å². The highest BCUT2D eigenvalue weighted by atomic mass is 79.9. The molecule has 1 aromatic heterocycles. The number of hydrogen-bond acceptors (Lipinski definition) is 3. The first-order chi connectivity index (χ1) is 9.04. The third-order valence-corrected chi connectivity index (χ3v) is 4.30. The Balaban J connectivity index is 2.01. The monoisotopic (exact) mass is 347 g/mol. The maximum Gasteiger partial charge on any atom is 0.387 e. The number of benzene rings is 1. The Morgan fingerprint density at radius 3 is 2.47 bits per heavy atom. The first kappa shape index (κ1) is 14.4. The van der Waals surface area contributed by atoms with E-state index in [1.807, 2.05) is 11.4 Å². The van der Waals surface area contributed by atoms with Gasteiger partial charge in [-0.15, -0.1) is 11.3 Å². The van der Waals surface area contributed by atoms with E-state index < -0.39 is 6.61 Å². The minimum atomic E-state index is -2.80. The third kappa shape index (κ3) is 4.26. The number of ether oxygens (including phenoxy) is 1. The zero-order chi connectivity index (χ0) is 13.8. The molecule has 0 bridgehead atoms. The van der Waals surface area contributed by atoms with Gasteiger partial charge in [0.05, 0.1) is 0 Å². The molecule has 1 heterocycles. The molecule has 2 aromatic rings. The number of hydrogen-bond donors (Lipinski definition) is 1. The lowest BCUT2D eigenvalue weighted by molar-refractivity contribution is -0.0498. The molecule has 0 aliphatic rings. The Kier molecular flexibility index (Phi) is 4.90. The lowest BCUT2D eigenvalue weighted by Crippen LogP contribution is -2.12. The van der Waals surface area contributed by atoms with E-state index in [0.717, 1.165) is 10.0 Å². The van der Waals surface area contributed by atoms with Gasteiger partial charge in [0.2, 0.25) is 0 Å². The minimum absolute atomic E-state index is 0.143. The second-order valence-corrected chi connectivity index (χ2v) is 5.90. The predicted molar refractivity (Wildman–Crippen MR) is 75.7 cm³/mol. The molecule has 0 aliphatic heterocycles. The summed E-state index contributed by atoms with van der Waals surface area (Å²) in [6.07, 6.45) is 0.714. The number of rotatable bonds is 5. The van der Waals surface area contributed by atoms with Gasteiger partial charge in [0.1, 0.15) is 5.75 Å². The molecule has 0 spiro atoms. The van der Waals surface area contributed by atoms with E-state index in [2.05, 4.69) is 20.7 Å². The van der Waals surface area contributed by atoms with Crippen molar-refractivity contribution in [2.24, 2.45) is 5.73 Å². The van der Waals surface area contributed by atoms with Crippen molar-refractivity contribution >= 4 is 27.3 Å². The Hall–Kier alpha value is -0.980. The highest BCUT2D eigenvalue weighted by molar-refractivity contribution is 9.10. The van der Waals surface area contributed by atoms with Gasteiger partial charge in [-0.25, -0.2) is 0 Å². The molecule has 0 fully saturated rings. The van der Waals surface area contributed by atoms with Gasteiger partial charge in [-0.05, 0) is 39.7 Å². The largest absolute Gasteiger partial charge is 0.435 e. The highest BCUT2D eigenvalue weighted by Gasteiger charge is 2.10. The summed E-state index contributed by atoms with van der Waals surface area (Å²) in [5.74, 6) is 0.143. The van der Waals surface area contributed by atoms with Crippen LogP contribution in [0.2, 0.25) is 0 Å². The van der Waals surface area contributed by atoms with Crippen molar-refractivity contribution in [2.75, 3.05) is 0 Å². The quantitative estimate of drug-likeness (QED) is 0.872.